The van der Waals surface area contributed by atoms with Gasteiger partial charge in [0.2, 0.25) is 0 Å². The monoisotopic (exact) mass is 269 g/mol. The predicted molar refractivity (Wildman–Crippen MR) is 74.3 cm³/mol. The average Bonchev–Trinajstić information content (AvgIpc) is 2.36. The van der Waals surface area contributed by atoms with E-state index in [9.17, 15) is 4.39 Å². The Labute approximate surface area is 114 Å². The topological polar surface area (TPSA) is 12.0 Å². The minimum absolute atomic E-state index is 0.260. The molecule has 1 aliphatic carbocycles. The first-order chi connectivity index (χ1) is 8.65. The lowest BCUT2D eigenvalue weighted by atomic mass is 9.84. The predicted octanol–water partition coefficient (Wildman–Crippen LogP) is 4.54. The lowest BCUT2D eigenvalue weighted by Gasteiger charge is -2.28. The molecule has 0 saturated heterocycles. The number of hydrogen-bond donors (Lipinski definition) is 1. The molecule has 0 radical (unpaired) electrons. The Kier molecular flexibility index (Phi) is 5.02. The molecule has 1 N–H and O–H groups in total. The molecule has 0 unspecified atom stereocenters. The maximum Gasteiger partial charge on any atom is 0.125 e. The molecule has 1 atom stereocenters. The molecule has 1 fully saturated rings. The third-order valence-electron chi connectivity index (χ3n) is 3.91. The molecule has 18 heavy (non-hydrogen) atoms. The lowest BCUT2D eigenvalue weighted by Crippen LogP contribution is -2.34. The second kappa shape index (κ2) is 6.53. The highest BCUT2D eigenvalue weighted by molar-refractivity contribution is 6.30. The molecule has 1 aromatic rings. The van der Waals surface area contributed by atoms with Gasteiger partial charge in [0.05, 0.1) is 0 Å². The first kappa shape index (κ1) is 13.8. The third-order valence-corrected chi connectivity index (χ3v) is 4.13. The van der Waals surface area contributed by atoms with Crippen molar-refractivity contribution in [1.29, 1.82) is 0 Å². The molecule has 0 aromatic heterocycles. The summed E-state index contributed by atoms with van der Waals surface area (Å²) in [5, 5.41) is 3.97. The van der Waals surface area contributed by atoms with E-state index in [0.717, 1.165) is 11.5 Å². The van der Waals surface area contributed by atoms with Gasteiger partial charge in [0.1, 0.15) is 5.82 Å². The van der Waals surface area contributed by atoms with Crippen LogP contribution >= 0.6 is 11.6 Å². The van der Waals surface area contributed by atoms with Crippen molar-refractivity contribution in [1.82, 2.24) is 5.32 Å². The molecule has 3 heteroatoms. The van der Waals surface area contributed by atoms with Crippen LogP contribution in [0.2, 0.25) is 5.02 Å². The highest BCUT2D eigenvalue weighted by Gasteiger charge is 2.19. The zero-order valence-electron chi connectivity index (χ0n) is 10.9. The number of halogens is 2. The Balaban J connectivity index is 1.86. The minimum atomic E-state index is -0.260. The SMILES string of the molecule is C[C@H](NCc1cc(F)cc(Cl)c1)C1CCCCC1. The highest BCUT2D eigenvalue weighted by atomic mass is 35.5. The van der Waals surface area contributed by atoms with Gasteiger partial charge in [-0.3, -0.25) is 0 Å². The molecule has 0 amide bonds. The van der Waals surface area contributed by atoms with Crippen LogP contribution in [-0.4, -0.2) is 6.04 Å². The van der Waals surface area contributed by atoms with Crippen LogP contribution in [0.1, 0.15) is 44.6 Å². The maximum atomic E-state index is 13.2. The Morgan fingerprint density at radius 3 is 2.67 bits per heavy atom. The zero-order valence-corrected chi connectivity index (χ0v) is 11.6. The number of benzene rings is 1. The largest absolute Gasteiger partial charge is 0.310 e. The molecule has 1 saturated carbocycles. The first-order valence-corrected chi connectivity index (χ1v) is 7.21. The van der Waals surface area contributed by atoms with Crippen LogP contribution < -0.4 is 5.32 Å². The second-order valence-electron chi connectivity index (χ2n) is 5.35. The van der Waals surface area contributed by atoms with Gasteiger partial charge in [-0.1, -0.05) is 30.9 Å². The van der Waals surface area contributed by atoms with Crippen molar-refractivity contribution in [3.8, 4) is 0 Å². The van der Waals surface area contributed by atoms with E-state index in [0.29, 0.717) is 17.6 Å². The highest BCUT2D eigenvalue weighted by Crippen LogP contribution is 2.26. The van der Waals surface area contributed by atoms with Crippen molar-refractivity contribution in [2.75, 3.05) is 0 Å². The maximum absolute atomic E-state index is 13.2. The van der Waals surface area contributed by atoms with E-state index >= 15 is 0 Å². The molecule has 2 rings (SSSR count). The van der Waals surface area contributed by atoms with Crippen LogP contribution in [0.3, 0.4) is 0 Å². The van der Waals surface area contributed by atoms with Crippen molar-refractivity contribution in [3.05, 3.63) is 34.6 Å². The summed E-state index contributed by atoms with van der Waals surface area (Å²) >= 11 is 5.85. The van der Waals surface area contributed by atoms with E-state index in [-0.39, 0.29) is 5.82 Å². The quantitative estimate of drug-likeness (QED) is 0.846. The number of rotatable bonds is 4. The molecule has 0 spiro atoms. The molecule has 1 aromatic carbocycles. The smallest absolute Gasteiger partial charge is 0.125 e. The van der Waals surface area contributed by atoms with Crippen LogP contribution in [0, 0.1) is 11.7 Å². The van der Waals surface area contributed by atoms with Crippen LogP contribution in [0.15, 0.2) is 18.2 Å². The van der Waals surface area contributed by atoms with Gasteiger partial charge in [-0.05, 0) is 49.4 Å². The van der Waals surface area contributed by atoms with Crippen molar-refractivity contribution in [3.63, 3.8) is 0 Å². The molecular weight excluding hydrogens is 249 g/mol. The summed E-state index contributed by atoms with van der Waals surface area (Å²) in [5.74, 6) is 0.507. The van der Waals surface area contributed by atoms with E-state index in [1.807, 2.05) is 6.07 Å². The molecular formula is C15H21ClFN. The van der Waals surface area contributed by atoms with Crippen LogP contribution in [0.25, 0.3) is 0 Å². The summed E-state index contributed by atoms with van der Waals surface area (Å²) in [6.45, 7) is 2.92. The Morgan fingerprint density at radius 2 is 2.00 bits per heavy atom. The van der Waals surface area contributed by atoms with Gasteiger partial charge in [-0.15, -0.1) is 0 Å². The number of hydrogen-bond acceptors (Lipinski definition) is 1. The Hall–Kier alpha value is -0.600. The van der Waals surface area contributed by atoms with E-state index in [1.54, 1.807) is 6.07 Å². The normalized spacial score (nSPS) is 18.8. The van der Waals surface area contributed by atoms with Crippen LogP contribution in [0.5, 0.6) is 0 Å². The molecule has 0 aliphatic heterocycles. The fourth-order valence-electron chi connectivity index (χ4n) is 2.79. The summed E-state index contributed by atoms with van der Waals surface area (Å²) in [5.41, 5.74) is 0.919. The summed E-state index contributed by atoms with van der Waals surface area (Å²) in [6, 6.07) is 5.21. The van der Waals surface area contributed by atoms with Crippen LogP contribution in [-0.2, 0) is 6.54 Å². The fourth-order valence-corrected chi connectivity index (χ4v) is 3.04. The summed E-state index contributed by atoms with van der Waals surface area (Å²) in [6.07, 6.45) is 6.71. The van der Waals surface area contributed by atoms with Gasteiger partial charge >= 0.3 is 0 Å². The Bertz CT molecular complexity index is 368. The standard InChI is InChI=1S/C15H21ClFN/c1-11(13-5-3-2-4-6-13)18-10-12-7-14(16)9-15(17)8-12/h7-9,11,13,18H,2-6,10H2,1H3/t11-/m0/s1. The van der Waals surface area contributed by atoms with Crippen LogP contribution in [0.4, 0.5) is 4.39 Å². The molecule has 0 bridgehead atoms. The molecule has 100 valence electrons. The van der Waals surface area contributed by atoms with Crippen molar-refractivity contribution < 1.29 is 4.39 Å². The van der Waals surface area contributed by atoms with Gasteiger partial charge < -0.3 is 5.32 Å². The molecule has 1 aliphatic rings. The van der Waals surface area contributed by atoms with Gasteiger partial charge in [0.15, 0.2) is 0 Å². The third kappa shape index (κ3) is 3.96. The van der Waals surface area contributed by atoms with Crippen molar-refractivity contribution in [2.45, 2.75) is 51.6 Å². The van der Waals surface area contributed by atoms with E-state index in [2.05, 4.69) is 12.2 Å². The van der Waals surface area contributed by atoms with E-state index in [1.165, 1.54) is 38.2 Å². The van der Waals surface area contributed by atoms with Gasteiger partial charge in [-0.2, -0.15) is 0 Å². The van der Waals surface area contributed by atoms with Crippen molar-refractivity contribution >= 4 is 11.6 Å². The fraction of sp³-hybridized carbons (Fsp3) is 0.600. The number of nitrogens with one attached hydrogen (secondary N) is 1. The average molecular weight is 270 g/mol. The Morgan fingerprint density at radius 1 is 1.28 bits per heavy atom. The molecule has 0 heterocycles. The van der Waals surface area contributed by atoms with Gasteiger partial charge in [-0.25, -0.2) is 4.39 Å². The van der Waals surface area contributed by atoms with E-state index < -0.39 is 0 Å². The first-order valence-electron chi connectivity index (χ1n) is 6.83. The van der Waals surface area contributed by atoms with Gasteiger partial charge in [0, 0.05) is 17.6 Å². The van der Waals surface area contributed by atoms with Gasteiger partial charge in [0.25, 0.3) is 0 Å². The van der Waals surface area contributed by atoms with Crippen molar-refractivity contribution in [2.24, 2.45) is 5.92 Å². The molecule has 1 nitrogen and oxygen atoms in total. The summed E-state index contributed by atoms with van der Waals surface area (Å²) in [4.78, 5) is 0. The van der Waals surface area contributed by atoms with E-state index in [4.69, 9.17) is 11.6 Å². The summed E-state index contributed by atoms with van der Waals surface area (Å²) < 4.78 is 13.2. The minimum Gasteiger partial charge on any atom is -0.310 e. The zero-order chi connectivity index (χ0) is 13.0. The summed E-state index contributed by atoms with van der Waals surface area (Å²) in [7, 11) is 0. The lowest BCUT2D eigenvalue weighted by molar-refractivity contribution is 0.280. The second-order valence-corrected chi connectivity index (χ2v) is 5.78.